The molecule has 2 aromatic rings. The van der Waals surface area contributed by atoms with Gasteiger partial charge in [-0.25, -0.2) is 4.99 Å². The van der Waals surface area contributed by atoms with Gasteiger partial charge in [-0.3, -0.25) is 4.79 Å². The zero-order chi connectivity index (χ0) is 20.4. The summed E-state index contributed by atoms with van der Waals surface area (Å²) in [4.78, 5) is 18.7. The number of carbonyl (C=O) groups excluding carboxylic acids is 1. The molecule has 1 aromatic carbocycles. The van der Waals surface area contributed by atoms with E-state index in [4.69, 9.17) is 4.42 Å². The maximum absolute atomic E-state index is 12.6. The number of hydrogen-bond acceptors (Lipinski definition) is 4. The molecule has 0 fully saturated rings. The molecule has 0 bridgehead atoms. The summed E-state index contributed by atoms with van der Waals surface area (Å²) in [5.74, 6) is 0.881. The quantitative estimate of drug-likeness (QED) is 0.272. The predicted octanol–water partition coefficient (Wildman–Crippen LogP) is 2.71. The lowest BCUT2D eigenvalue weighted by Gasteiger charge is -2.23. The van der Waals surface area contributed by atoms with E-state index < -0.39 is 5.60 Å². The van der Waals surface area contributed by atoms with E-state index in [0.717, 1.165) is 5.56 Å². The van der Waals surface area contributed by atoms with Crippen LogP contribution in [0.1, 0.15) is 32.1 Å². The Labute approximate surface area is 189 Å². The summed E-state index contributed by atoms with van der Waals surface area (Å²) in [5.41, 5.74) is -0.104. The van der Waals surface area contributed by atoms with Crippen molar-refractivity contribution < 1.29 is 14.3 Å². The zero-order valence-electron chi connectivity index (χ0n) is 17.2. The van der Waals surface area contributed by atoms with Gasteiger partial charge in [0.25, 0.3) is 0 Å². The van der Waals surface area contributed by atoms with Crippen molar-refractivity contribution in [3.63, 3.8) is 0 Å². The maximum Gasteiger partial charge on any atom is 0.244 e. The first-order chi connectivity index (χ1) is 13.5. The van der Waals surface area contributed by atoms with Crippen LogP contribution in [0.25, 0.3) is 0 Å². The SMILES string of the molecule is CCNC(=NCC(=O)N(CC)Cc1ccccc1)NCC(C)(O)c1ccco1.I. The largest absolute Gasteiger partial charge is 0.466 e. The Kier molecular flexibility index (Phi) is 10.7. The third-order valence-electron chi connectivity index (χ3n) is 4.32. The molecule has 3 N–H and O–H groups in total. The van der Waals surface area contributed by atoms with Gasteiger partial charge >= 0.3 is 0 Å². The Balaban J connectivity index is 0.00000420. The van der Waals surface area contributed by atoms with Gasteiger partial charge in [-0.1, -0.05) is 30.3 Å². The van der Waals surface area contributed by atoms with E-state index in [9.17, 15) is 9.90 Å². The van der Waals surface area contributed by atoms with Crippen LogP contribution in [0.3, 0.4) is 0 Å². The molecule has 29 heavy (non-hydrogen) atoms. The van der Waals surface area contributed by atoms with Crippen LogP contribution in [0, 0.1) is 0 Å². The van der Waals surface area contributed by atoms with Gasteiger partial charge < -0.3 is 25.1 Å². The molecule has 1 unspecified atom stereocenters. The lowest BCUT2D eigenvalue weighted by molar-refractivity contribution is -0.130. The molecular formula is C21H31IN4O3. The number of guanidine groups is 1. The van der Waals surface area contributed by atoms with Crippen molar-refractivity contribution in [1.29, 1.82) is 0 Å². The van der Waals surface area contributed by atoms with Crippen LogP contribution >= 0.6 is 24.0 Å². The number of benzene rings is 1. The number of halogens is 1. The highest BCUT2D eigenvalue weighted by molar-refractivity contribution is 14.0. The van der Waals surface area contributed by atoms with Crippen molar-refractivity contribution in [2.24, 2.45) is 4.99 Å². The molecule has 2 rings (SSSR count). The Bertz CT molecular complexity index is 749. The lowest BCUT2D eigenvalue weighted by atomic mass is 10.0. The summed E-state index contributed by atoms with van der Waals surface area (Å²) in [7, 11) is 0. The molecule has 0 saturated heterocycles. The zero-order valence-corrected chi connectivity index (χ0v) is 19.6. The maximum atomic E-state index is 12.6. The van der Waals surface area contributed by atoms with Gasteiger partial charge in [0.05, 0.1) is 12.8 Å². The van der Waals surface area contributed by atoms with E-state index in [0.29, 0.717) is 31.4 Å². The number of furan rings is 1. The first-order valence-electron chi connectivity index (χ1n) is 9.56. The fourth-order valence-corrected chi connectivity index (χ4v) is 2.70. The lowest BCUT2D eigenvalue weighted by Crippen LogP contribution is -2.45. The second-order valence-corrected chi connectivity index (χ2v) is 6.69. The predicted molar refractivity (Wildman–Crippen MR) is 125 cm³/mol. The summed E-state index contributed by atoms with van der Waals surface area (Å²) in [5, 5.41) is 16.7. The van der Waals surface area contributed by atoms with Gasteiger partial charge in [0.15, 0.2) is 5.96 Å². The second kappa shape index (κ2) is 12.5. The molecule has 0 saturated carbocycles. The number of nitrogens with one attached hydrogen (secondary N) is 2. The van der Waals surface area contributed by atoms with E-state index in [1.165, 1.54) is 6.26 Å². The monoisotopic (exact) mass is 514 g/mol. The van der Waals surface area contributed by atoms with Gasteiger partial charge in [-0.2, -0.15) is 0 Å². The van der Waals surface area contributed by atoms with Crippen LogP contribution in [-0.2, 0) is 16.9 Å². The molecule has 0 radical (unpaired) electrons. The third-order valence-corrected chi connectivity index (χ3v) is 4.32. The van der Waals surface area contributed by atoms with Gasteiger partial charge in [-0.05, 0) is 38.5 Å². The molecule has 7 nitrogen and oxygen atoms in total. The van der Waals surface area contributed by atoms with Gasteiger partial charge in [0, 0.05) is 19.6 Å². The van der Waals surface area contributed by atoms with Gasteiger partial charge in [0.2, 0.25) is 5.91 Å². The topological polar surface area (TPSA) is 90.1 Å². The number of hydrogen-bond donors (Lipinski definition) is 3. The molecule has 160 valence electrons. The second-order valence-electron chi connectivity index (χ2n) is 6.69. The van der Waals surface area contributed by atoms with E-state index in [1.54, 1.807) is 24.0 Å². The fraction of sp³-hybridized carbons (Fsp3) is 0.429. The molecule has 0 aliphatic carbocycles. The minimum absolute atomic E-state index is 0. The van der Waals surface area contributed by atoms with Crippen LogP contribution in [-0.4, -0.2) is 48.1 Å². The standard InChI is InChI=1S/C21H30N4O3.HI/c1-4-22-20(24-16-21(3,27)18-12-9-13-28-18)23-14-19(26)25(5-2)15-17-10-7-6-8-11-17;/h6-13,27H,4-5,14-16H2,1-3H3,(H2,22,23,24);1H. The summed E-state index contributed by atoms with van der Waals surface area (Å²) in [6, 6.07) is 13.3. The first kappa shape index (κ1) is 25.0. The average Bonchev–Trinajstić information content (AvgIpc) is 3.24. The number of carbonyl (C=O) groups is 1. The highest BCUT2D eigenvalue weighted by Crippen LogP contribution is 2.19. The Morgan fingerprint density at radius 2 is 1.90 bits per heavy atom. The van der Waals surface area contributed by atoms with Crippen molar-refractivity contribution in [1.82, 2.24) is 15.5 Å². The first-order valence-corrected chi connectivity index (χ1v) is 9.56. The van der Waals surface area contributed by atoms with Crippen LogP contribution in [0.5, 0.6) is 0 Å². The van der Waals surface area contributed by atoms with Crippen molar-refractivity contribution in [3.8, 4) is 0 Å². The van der Waals surface area contributed by atoms with Crippen LogP contribution < -0.4 is 10.6 Å². The summed E-state index contributed by atoms with van der Waals surface area (Å²) in [6.07, 6.45) is 1.52. The van der Waals surface area contributed by atoms with Gasteiger partial charge in [0.1, 0.15) is 17.9 Å². The minimum Gasteiger partial charge on any atom is -0.466 e. The van der Waals surface area contributed by atoms with E-state index in [2.05, 4.69) is 15.6 Å². The molecule has 1 aromatic heterocycles. The highest BCUT2D eigenvalue weighted by atomic mass is 127. The molecule has 8 heteroatoms. The summed E-state index contributed by atoms with van der Waals surface area (Å²) in [6.45, 7) is 7.59. The van der Waals surface area contributed by atoms with Crippen LogP contribution in [0.4, 0.5) is 0 Å². The fourth-order valence-electron chi connectivity index (χ4n) is 2.70. The van der Waals surface area contributed by atoms with Crippen LogP contribution in [0.15, 0.2) is 58.1 Å². The minimum atomic E-state index is -1.19. The normalized spacial score (nSPS) is 13.2. The molecule has 0 spiro atoms. The van der Waals surface area contributed by atoms with Gasteiger partial charge in [-0.15, -0.1) is 24.0 Å². The molecule has 0 aliphatic heterocycles. The van der Waals surface area contributed by atoms with E-state index in [-0.39, 0.29) is 43.0 Å². The number of likely N-dealkylation sites (N-methyl/N-ethyl adjacent to an activating group) is 1. The van der Waals surface area contributed by atoms with Crippen molar-refractivity contribution in [2.75, 3.05) is 26.2 Å². The summed E-state index contributed by atoms with van der Waals surface area (Å²) >= 11 is 0. The van der Waals surface area contributed by atoms with E-state index in [1.807, 2.05) is 44.2 Å². The van der Waals surface area contributed by atoms with Crippen molar-refractivity contribution in [3.05, 3.63) is 60.1 Å². The smallest absolute Gasteiger partial charge is 0.244 e. The van der Waals surface area contributed by atoms with Crippen molar-refractivity contribution >= 4 is 35.8 Å². The third kappa shape index (κ3) is 8.06. The molecule has 1 heterocycles. The van der Waals surface area contributed by atoms with Crippen LogP contribution in [0.2, 0.25) is 0 Å². The number of rotatable bonds is 9. The number of aliphatic hydroxyl groups is 1. The number of aliphatic imine (C=N–C) groups is 1. The Hall–Kier alpha value is -2.07. The number of nitrogens with zero attached hydrogens (tertiary/aromatic N) is 2. The Morgan fingerprint density at radius 1 is 1.17 bits per heavy atom. The molecule has 1 atom stereocenters. The van der Waals surface area contributed by atoms with Crippen molar-refractivity contribution in [2.45, 2.75) is 32.9 Å². The Morgan fingerprint density at radius 3 is 2.48 bits per heavy atom. The van der Waals surface area contributed by atoms with E-state index >= 15 is 0 Å². The average molecular weight is 514 g/mol. The summed E-state index contributed by atoms with van der Waals surface area (Å²) < 4.78 is 5.28. The number of amides is 1. The molecule has 1 amide bonds. The molecule has 0 aliphatic rings. The molecular weight excluding hydrogens is 483 g/mol. The highest BCUT2D eigenvalue weighted by Gasteiger charge is 2.26.